The average Bonchev–Trinajstić information content (AvgIpc) is 3.27. The van der Waals surface area contributed by atoms with E-state index in [-0.39, 0.29) is 23.2 Å². The van der Waals surface area contributed by atoms with E-state index < -0.39 is 15.4 Å². The van der Waals surface area contributed by atoms with Crippen LogP contribution in [0.4, 0.5) is 0 Å². The third-order valence-corrected chi connectivity index (χ3v) is 8.59. The molecule has 1 N–H and O–H groups in total. The Morgan fingerprint density at radius 3 is 2.44 bits per heavy atom. The molecule has 2 aromatic carbocycles. The maximum Gasteiger partial charge on any atom is 0.230 e. The Labute approximate surface area is 193 Å². The van der Waals surface area contributed by atoms with Crippen molar-refractivity contribution in [1.29, 1.82) is 0 Å². The first kappa shape index (κ1) is 22.6. The van der Waals surface area contributed by atoms with Crippen molar-refractivity contribution in [3.05, 3.63) is 65.9 Å². The smallest absolute Gasteiger partial charge is 0.230 e. The number of hydrogen-bond donors (Lipinski definition) is 1. The van der Waals surface area contributed by atoms with Gasteiger partial charge in [0.2, 0.25) is 5.91 Å². The molecular weight excluding hydrogens is 442 g/mol. The fourth-order valence-electron chi connectivity index (χ4n) is 4.24. The maximum atomic E-state index is 12.7. The highest BCUT2D eigenvalue weighted by molar-refractivity contribution is 7.99. The Balaban J connectivity index is 1.62. The van der Waals surface area contributed by atoms with Gasteiger partial charge in [0, 0.05) is 5.56 Å². The second kappa shape index (κ2) is 8.75. The summed E-state index contributed by atoms with van der Waals surface area (Å²) in [4.78, 5) is 17.3. The van der Waals surface area contributed by atoms with Crippen LogP contribution in [-0.4, -0.2) is 46.7 Å². The summed E-state index contributed by atoms with van der Waals surface area (Å²) >= 11 is 1.36. The number of sulfone groups is 1. The molecule has 1 fully saturated rings. The second-order valence-electron chi connectivity index (χ2n) is 8.61. The summed E-state index contributed by atoms with van der Waals surface area (Å²) in [6.45, 7) is 5.94. The van der Waals surface area contributed by atoms with Gasteiger partial charge in [-0.3, -0.25) is 9.36 Å². The number of thioether (sulfide) groups is 1. The summed E-state index contributed by atoms with van der Waals surface area (Å²) in [5.74, 6) is 0.0815. The van der Waals surface area contributed by atoms with Crippen LogP contribution in [0, 0.1) is 13.8 Å². The molecule has 1 atom stereocenters. The number of nitrogens with zero attached hydrogens (tertiary/aromatic N) is 2. The highest BCUT2D eigenvalue weighted by atomic mass is 32.2. The van der Waals surface area contributed by atoms with Crippen molar-refractivity contribution >= 4 is 27.5 Å². The summed E-state index contributed by atoms with van der Waals surface area (Å²) < 4.78 is 25.8. The predicted octanol–water partition coefficient (Wildman–Crippen LogP) is 3.94. The number of hydrogen-bond acceptors (Lipinski definition) is 5. The monoisotopic (exact) mass is 469 g/mol. The lowest BCUT2D eigenvalue weighted by molar-refractivity contribution is -0.120. The molecule has 0 saturated carbocycles. The van der Waals surface area contributed by atoms with Gasteiger partial charge < -0.3 is 5.32 Å². The number of rotatable bonds is 6. The zero-order valence-electron chi connectivity index (χ0n) is 18.5. The van der Waals surface area contributed by atoms with E-state index in [1.54, 1.807) is 6.92 Å². The van der Waals surface area contributed by atoms with Crippen LogP contribution in [0.3, 0.4) is 0 Å². The third kappa shape index (κ3) is 4.76. The Morgan fingerprint density at radius 2 is 1.81 bits per heavy atom. The zero-order chi connectivity index (χ0) is 22.9. The van der Waals surface area contributed by atoms with Gasteiger partial charge in [0.05, 0.1) is 40.4 Å². The van der Waals surface area contributed by atoms with Gasteiger partial charge in [-0.2, -0.15) is 0 Å². The highest BCUT2D eigenvalue weighted by Gasteiger charge is 2.39. The first-order chi connectivity index (χ1) is 15.2. The molecule has 1 aromatic heterocycles. The van der Waals surface area contributed by atoms with Crippen molar-refractivity contribution in [2.24, 2.45) is 0 Å². The quantitative estimate of drug-likeness (QED) is 0.553. The minimum Gasteiger partial charge on any atom is -0.349 e. The van der Waals surface area contributed by atoms with Crippen LogP contribution < -0.4 is 5.32 Å². The predicted molar refractivity (Wildman–Crippen MR) is 129 cm³/mol. The number of aromatic nitrogens is 2. The van der Waals surface area contributed by atoms with E-state index in [1.165, 1.54) is 11.8 Å². The molecule has 1 amide bonds. The summed E-state index contributed by atoms with van der Waals surface area (Å²) in [7, 11) is -3.08. The molecule has 1 unspecified atom stereocenters. The number of para-hydroxylation sites is 1. The molecule has 2 heterocycles. The molecule has 0 aliphatic carbocycles. The van der Waals surface area contributed by atoms with Gasteiger partial charge in [-0.15, -0.1) is 0 Å². The topological polar surface area (TPSA) is 81.1 Å². The molecular formula is C24H27N3O3S2. The molecule has 0 spiro atoms. The lowest BCUT2D eigenvalue weighted by atomic mass is 10.0. The van der Waals surface area contributed by atoms with Crippen LogP contribution in [0.1, 0.15) is 24.5 Å². The largest absolute Gasteiger partial charge is 0.349 e. The van der Waals surface area contributed by atoms with E-state index in [1.807, 2.05) is 42.6 Å². The average molecular weight is 470 g/mol. The van der Waals surface area contributed by atoms with E-state index >= 15 is 0 Å². The lowest BCUT2D eigenvalue weighted by Crippen LogP contribution is -2.47. The van der Waals surface area contributed by atoms with Gasteiger partial charge in [-0.05, 0) is 38.3 Å². The van der Waals surface area contributed by atoms with Crippen molar-refractivity contribution in [2.45, 2.75) is 37.9 Å². The molecule has 168 valence electrons. The van der Waals surface area contributed by atoms with Crippen LogP contribution in [-0.2, 0) is 14.6 Å². The number of aryl methyl sites for hydroxylation is 2. The van der Waals surface area contributed by atoms with Crippen LogP contribution >= 0.6 is 11.8 Å². The number of carbonyl (C=O) groups excluding carboxylic acids is 1. The summed E-state index contributed by atoms with van der Waals surface area (Å²) in [6, 6.07) is 16.2. The Morgan fingerprint density at radius 1 is 1.12 bits per heavy atom. The molecule has 1 saturated heterocycles. The van der Waals surface area contributed by atoms with E-state index in [9.17, 15) is 13.2 Å². The molecule has 0 bridgehead atoms. The first-order valence-corrected chi connectivity index (χ1v) is 13.3. The van der Waals surface area contributed by atoms with Gasteiger partial charge >= 0.3 is 0 Å². The van der Waals surface area contributed by atoms with Gasteiger partial charge in [0.15, 0.2) is 15.0 Å². The van der Waals surface area contributed by atoms with Gasteiger partial charge in [0.25, 0.3) is 0 Å². The molecule has 8 heteroatoms. The maximum absolute atomic E-state index is 12.7. The first-order valence-electron chi connectivity index (χ1n) is 10.5. The lowest BCUT2D eigenvalue weighted by Gasteiger charge is -2.23. The minimum absolute atomic E-state index is 0.00834. The van der Waals surface area contributed by atoms with Gasteiger partial charge in [0.1, 0.15) is 0 Å². The van der Waals surface area contributed by atoms with Crippen molar-refractivity contribution in [3.8, 4) is 16.9 Å². The van der Waals surface area contributed by atoms with E-state index in [0.29, 0.717) is 6.42 Å². The van der Waals surface area contributed by atoms with E-state index in [2.05, 4.69) is 40.8 Å². The van der Waals surface area contributed by atoms with Crippen molar-refractivity contribution in [1.82, 2.24) is 14.9 Å². The third-order valence-electron chi connectivity index (χ3n) is 5.74. The van der Waals surface area contributed by atoms with Gasteiger partial charge in [-0.25, -0.2) is 13.4 Å². The molecule has 0 radical (unpaired) electrons. The fourth-order valence-corrected chi connectivity index (χ4v) is 7.11. The van der Waals surface area contributed by atoms with Crippen molar-refractivity contribution < 1.29 is 13.2 Å². The van der Waals surface area contributed by atoms with Gasteiger partial charge in [-0.1, -0.05) is 60.3 Å². The molecule has 32 heavy (non-hydrogen) atoms. The Bertz CT molecular complexity index is 1230. The second-order valence-corrected chi connectivity index (χ2v) is 11.7. The Kier molecular flexibility index (Phi) is 6.18. The number of nitrogens with one attached hydrogen (secondary N) is 1. The number of amides is 1. The molecule has 1 aliphatic rings. The van der Waals surface area contributed by atoms with E-state index in [4.69, 9.17) is 0 Å². The fraction of sp³-hybridized carbons (Fsp3) is 0.333. The van der Waals surface area contributed by atoms with Crippen LogP contribution in [0.25, 0.3) is 16.9 Å². The van der Waals surface area contributed by atoms with E-state index in [0.717, 1.165) is 33.2 Å². The molecule has 6 nitrogen and oxygen atoms in total. The minimum atomic E-state index is -3.08. The summed E-state index contributed by atoms with van der Waals surface area (Å²) in [5, 5.41) is 3.65. The zero-order valence-corrected chi connectivity index (χ0v) is 20.1. The normalized spacial score (nSPS) is 19.7. The number of carbonyl (C=O) groups is 1. The highest BCUT2D eigenvalue weighted by Crippen LogP contribution is 2.33. The number of benzene rings is 2. The van der Waals surface area contributed by atoms with Crippen LogP contribution in [0.2, 0.25) is 0 Å². The van der Waals surface area contributed by atoms with Crippen LogP contribution in [0.15, 0.2) is 59.9 Å². The summed E-state index contributed by atoms with van der Waals surface area (Å²) in [6.07, 6.45) is 2.28. The standard InChI is InChI=1S/C24H27N3O3S2/c1-17-8-7-9-18(2)22(17)27-20(19-10-5-4-6-11-19)14-25-23(27)31-15-21(28)26-24(3)12-13-32(29,30)16-24/h4-11,14H,12-13,15-16H2,1-3H3,(H,26,28). The van der Waals surface area contributed by atoms with Crippen LogP contribution in [0.5, 0.6) is 0 Å². The van der Waals surface area contributed by atoms with Crippen molar-refractivity contribution in [3.63, 3.8) is 0 Å². The Hall–Kier alpha value is -2.58. The SMILES string of the molecule is Cc1cccc(C)c1-n1c(-c2ccccc2)cnc1SCC(=O)NC1(C)CCS(=O)(=O)C1. The van der Waals surface area contributed by atoms with Crippen molar-refractivity contribution in [2.75, 3.05) is 17.3 Å². The molecule has 3 aromatic rings. The number of imidazole rings is 1. The molecule has 4 rings (SSSR count). The molecule has 1 aliphatic heterocycles. The summed E-state index contributed by atoms with van der Waals surface area (Å²) in [5.41, 5.74) is 4.60.